The van der Waals surface area contributed by atoms with E-state index in [1.807, 2.05) is 0 Å². The van der Waals surface area contributed by atoms with Crippen molar-refractivity contribution in [2.24, 2.45) is 0 Å². The highest BCUT2D eigenvalue weighted by atomic mass is 35.5. The lowest BCUT2D eigenvalue weighted by Gasteiger charge is -2.12. The molecule has 2 aromatic carbocycles. The Balaban J connectivity index is 2.20. The number of anilines is 1. The van der Waals surface area contributed by atoms with Gasteiger partial charge in [-0.15, -0.1) is 0 Å². The Morgan fingerprint density at radius 1 is 1.29 bits per heavy atom. The van der Waals surface area contributed by atoms with E-state index in [1.54, 1.807) is 37.3 Å². The van der Waals surface area contributed by atoms with Gasteiger partial charge in [-0.2, -0.15) is 0 Å². The molecule has 0 bridgehead atoms. The Morgan fingerprint density at radius 2 is 2.05 bits per heavy atom. The number of halogens is 2. The molecule has 0 heterocycles. The lowest BCUT2D eigenvalue weighted by Crippen LogP contribution is -2.08. The van der Waals surface area contributed by atoms with Crippen LogP contribution in [0.25, 0.3) is 0 Å². The van der Waals surface area contributed by atoms with Crippen molar-refractivity contribution in [2.75, 3.05) is 12.4 Å². The van der Waals surface area contributed by atoms with Crippen molar-refractivity contribution in [2.45, 2.75) is 13.5 Å². The van der Waals surface area contributed by atoms with E-state index in [1.165, 1.54) is 13.2 Å². The van der Waals surface area contributed by atoms with Crippen LogP contribution < -0.4 is 5.32 Å². The molecule has 0 aliphatic carbocycles. The predicted molar refractivity (Wildman–Crippen MR) is 81.3 cm³/mol. The van der Waals surface area contributed by atoms with Crippen LogP contribution in [0.3, 0.4) is 0 Å². The summed E-state index contributed by atoms with van der Waals surface area (Å²) >= 11 is 5.95. The normalized spacial score (nSPS) is 10.3. The summed E-state index contributed by atoms with van der Waals surface area (Å²) in [5, 5.41) is 3.64. The molecule has 5 heteroatoms. The topological polar surface area (TPSA) is 38.3 Å². The first-order valence-corrected chi connectivity index (χ1v) is 6.76. The molecule has 0 aliphatic rings. The molecule has 21 heavy (non-hydrogen) atoms. The highest BCUT2D eigenvalue weighted by molar-refractivity contribution is 6.31. The average Bonchev–Trinajstić information content (AvgIpc) is 2.48. The number of benzene rings is 2. The summed E-state index contributed by atoms with van der Waals surface area (Å²) in [5.74, 6) is -0.679. The second kappa shape index (κ2) is 6.59. The summed E-state index contributed by atoms with van der Waals surface area (Å²) in [6.07, 6.45) is 0. The van der Waals surface area contributed by atoms with Gasteiger partial charge in [0.2, 0.25) is 0 Å². The second-order valence-electron chi connectivity index (χ2n) is 4.62. The Kier molecular flexibility index (Phi) is 4.81. The van der Waals surface area contributed by atoms with Crippen LogP contribution in [0.5, 0.6) is 0 Å². The monoisotopic (exact) mass is 307 g/mol. The summed E-state index contributed by atoms with van der Waals surface area (Å²) < 4.78 is 18.0. The van der Waals surface area contributed by atoms with Crippen LogP contribution in [0.15, 0.2) is 36.4 Å². The fourth-order valence-electron chi connectivity index (χ4n) is 1.96. The molecule has 1 N–H and O–H groups in total. The molecule has 2 rings (SSSR count). The molecule has 0 aliphatic heterocycles. The maximum atomic E-state index is 13.2. The number of aryl methyl sites for hydroxylation is 1. The largest absolute Gasteiger partial charge is 0.465 e. The summed E-state index contributed by atoms with van der Waals surface area (Å²) in [5.41, 5.74) is 2.47. The van der Waals surface area contributed by atoms with Gasteiger partial charge in [0.1, 0.15) is 5.82 Å². The first-order chi connectivity index (χ1) is 10.0. The average molecular weight is 308 g/mol. The maximum absolute atomic E-state index is 13.2. The predicted octanol–water partition coefficient (Wildman–Crippen LogP) is 4.19. The van der Waals surface area contributed by atoms with Crippen molar-refractivity contribution in [1.29, 1.82) is 0 Å². The highest BCUT2D eigenvalue weighted by Crippen LogP contribution is 2.23. The summed E-state index contributed by atoms with van der Waals surface area (Å²) in [6, 6.07) is 9.76. The smallest absolute Gasteiger partial charge is 0.339 e. The third kappa shape index (κ3) is 3.73. The van der Waals surface area contributed by atoms with Gasteiger partial charge in [0.25, 0.3) is 0 Å². The second-order valence-corrected chi connectivity index (χ2v) is 5.06. The van der Waals surface area contributed by atoms with Crippen LogP contribution in [0.1, 0.15) is 21.5 Å². The summed E-state index contributed by atoms with van der Waals surface area (Å²) in [6.45, 7) is 2.16. The number of rotatable bonds is 4. The number of carbonyl (C=O) groups excluding carboxylic acids is 1. The minimum Gasteiger partial charge on any atom is -0.465 e. The quantitative estimate of drug-likeness (QED) is 0.861. The van der Waals surface area contributed by atoms with Gasteiger partial charge in [0, 0.05) is 11.6 Å². The van der Waals surface area contributed by atoms with Crippen LogP contribution in [0, 0.1) is 12.7 Å². The minimum absolute atomic E-state index is 0.239. The number of hydrogen-bond donors (Lipinski definition) is 1. The molecule has 0 saturated heterocycles. The molecule has 0 amide bonds. The fourth-order valence-corrected chi connectivity index (χ4v) is 2.14. The number of carbonyl (C=O) groups is 1. The summed E-state index contributed by atoms with van der Waals surface area (Å²) in [4.78, 5) is 11.7. The van der Waals surface area contributed by atoms with E-state index in [0.717, 1.165) is 5.56 Å². The van der Waals surface area contributed by atoms with E-state index >= 15 is 0 Å². The molecular weight excluding hydrogens is 293 g/mol. The van der Waals surface area contributed by atoms with E-state index in [2.05, 4.69) is 5.32 Å². The summed E-state index contributed by atoms with van der Waals surface area (Å²) in [7, 11) is 1.32. The maximum Gasteiger partial charge on any atom is 0.339 e. The highest BCUT2D eigenvalue weighted by Gasteiger charge is 2.12. The van der Waals surface area contributed by atoms with Crippen molar-refractivity contribution in [1.82, 2.24) is 0 Å². The van der Waals surface area contributed by atoms with E-state index in [9.17, 15) is 9.18 Å². The number of ether oxygens (including phenoxy) is 1. The first kappa shape index (κ1) is 15.3. The number of methoxy groups -OCH3 is 1. The van der Waals surface area contributed by atoms with E-state index < -0.39 is 5.97 Å². The van der Waals surface area contributed by atoms with E-state index in [-0.39, 0.29) is 5.82 Å². The van der Waals surface area contributed by atoms with Crippen LogP contribution in [0.4, 0.5) is 10.1 Å². The van der Waals surface area contributed by atoms with Gasteiger partial charge in [-0.05, 0) is 42.3 Å². The van der Waals surface area contributed by atoms with Gasteiger partial charge in [0.05, 0.1) is 18.4 Å². The Bertz CT molecular complexity index is 673. The fraction of sp³-hybridized carbons (Fsp3) is 0.188. The van der Waals surface area contributed by atoms with Crippen LogP contribution in [-0.2, 0) is 11.3 Å². The third-order valence-electron chi connectivity index (χ3n) is 3.09. The zero-order chi connectivity index (χ0) is 15.4. The molecule has 0 spiro atoms. The minimum atomic E-state index is -0.440. The molecule has 2 aromatic rings. The van der Waals surface area contributed by atoms with Crippen molar-refractivity contribution >= 4 is 23.3 Å². The molecule has 0 aromatic heterocycles. The van der Waals surface area contributed by atoms with Crippen LogP contribution in [-0.4, -0.2) is 13.1 Å². The van der Waals surface area contributed by atoms with Crippen LogP contribution >= 0.6 is 11.6 Å². The Labute approximate surface area is 127 Å². The van der Waals surface area contributed by atoms with Gasteiger partial charge >= 0.3 is 5.97 Å². The molecule has 3 nitrogen and oxygen atoms in total. The first-order valence-electron chi connectivity index (χ1n) is 6.38. The molecule has 0 fully saturated rings. The van der Waals surface area contributed by atoms with Crippen molar-refractivity contribution in [3.63, 3.8) is 0 Å². The third-order valence-corrected chi connectivity index (χ3v) is 3.33. The molecule has 0 radical (unpaired) electrons. The van der Waals surface area contributed by atoms with Gasteiger partial charge < -0.3 is 10.1 Å². The van der Waals surface area contributed by atoms with E-state index in [4.69, 9.17) is 16.3 Å². The number of hydrogen-bond acceptors (Lipinski definition) is 3. The van der Waals surface area contributed by atoms with Gasteiger partial charge in [-0.25, -0.2) is 9.18 Å². The number of nitrogens with one attached hydrogen (secondary N) is 1. The zero-order valence-electron chi connectivity index (χ0n) is 11.7. The molecular formula is C16H15ClFNO2. The van der Waals surface area contributed by atoms with Crippen molar-refractivity contribution in [3.05, 3.63) is 63.9 Å². The van der Waals surface area contributed by atoms with Gasteiger partial charge in [0.15, 0.2) is 0 Å². The molecule has 0 atom stereocenters. The molecule has 0 saturated carbocycles. The Hall–Kier alpha value is -2.07. The van der Waals surface area contributed by atoms with Gasteiger partial charge in [-0.3, -0.25) is 0 Å². The van der Waals surface area contributed by atoms with Crippen molar-refractivity contribution in [3.8, 4) is 0 Å². The zero-order valence-corrected chi connectivity index (χ0v) is 12.5. The Morgan fingerprint density at radius 3 is 2.71 bits per heavy atom. The lowest BCUT2D eigenvalue weighted by atomic mass is 10.1. The standard InChI is InChI=1S/C16H15ClFNO2/c1-10-7-11(3-6-14(10)18)9-19-15-8-12(17)4-5-13(15)16(20)21-2/h3-8,19H,9H2,1-2H3. The molecule has 110 valence electrons. The lowest BCUT2D eigenvalue weighted by molar-refractivity contribution is 0.0602. The molecule has 0 unspecified atom stereocenters. The van der Waals surface area contributed by atoms with Crippen LogP contribution in [0.2, 0.25) is 5.02 Å². The van der Waals surface area contributed by atoms with Gasteiger partial charge in [-0.1, -0.05) is 23.7 Å². The van der Waals surface area contributed by atoms with E-state index in [0.29, 0.717) is 28.4 Å². The van der Waals surface area contributed by atoms with Crippen molar-refractivity contribution < 1.29 is 13.9 Å². The SMILES string of the molecule is COC(=O)c1ccc(Cl)cc1NCc1ccc(F)c(C)c1. The number of esters is 1.